The number of benzene rings is 1. The Kier molecular flexibility index (Phi) is 3.42. The quantitative estimate of drug-likeness (QED) is 0.672. The highest BCUT2D eigenvalue weighted by atomic mass is 32.2. The highest BCUT2D eigenvalue weighted by molar-refractivity contribution is 7.99. The molecule has 1 aromatic carbocycles. The Morgan fingerprint density at radius 1 is 0.889 bits per heavy atom. The minimum absolute atomic E-state index is 0.0348. The molecule has 1 aromatic heterocycles. The van der Waals surface area contributed by atoms with Crippen molar-refractivity contribution in [2.75, 3.05) is 0 Å². The molecule has 0 amide bonds. The lowest BCUT2D eigenvalue weighted by Crippen LogP contribution is -2.01. The van der Waals surface area contributed by atoms with E-state index in [4.69, 9.17) is 5.11 Å². The third kappa shape index (κ3) is 2.40. The van der Waals surface area contributed by atoms with Crippen molar-refractivity contribution in [1.29, 1.82) is 0 Å². The summed E-state index contributed by atoms with van der Waals surface area (Å²) in [5.41, 5.74) is 0. The van der Waals surface area contributed by atoms with Crippen LogP contribution in [0.15, 0.2) is 34.1 Å². The van der Waals surface area contributed by atoms with Crippen molar-refractivity contribution in [2.24, 2.45) is 0 Å². The molecule has 2 aromatic rings. The lowest BCUT2D eigenvalue weighted by atomic mass is 10.3. The van der Waals surface area contributed by atoms with Gasteiger partial charge in [0.25, 0.3) is 11.9 Å². The summed E-state index contributed by atoms with van der Waals surface area (Å²) in [5.74, 6) is -6.53. The van der Waals surface area contributed by atoms with Crippen molar-refractivity contribution in [1.82, 2.24) is 4.98 Å². The van der Waals surface area contributed by atoms with Gasteiger partial charge in [-0.05, 0) is 24.3 Å². The number of aromatic hydroxyl groups is 1. The van der Waals surface area contributed by atoms with Gasteiger partial charge < -0.3 is 5.11 Å². The fourth-order valence-electron chi connectivity index (χ4n) is 1.19. The second-order valence-corrected chi connectivity index (χ2v) is 4.33. The standard InChI is InChI=1S/C11H5F4NOS/c12-7-9(8(13)11(15)16-10(7)14)18-6-3-1-5(17)2-4-6/h1-4,17H. The normalized spacial score (nSPS) is 10.7. The van der Waals surface area contributed by atoms with E-state index < -0.39 is 28.4 Å². The molecule has 2 nitrogen and oxygen atoms in total. The molecule has 7 heteroatoms. The van der Waals surface area contributed by atoms with Gasteiger partial charge in [-0.3, -0.25) is 0 Å². The molecular weight excluding hydrogens is 270 g/mol. The molecule has 0 aliphatic rings. The molecule has 0 unspecified atom stereocenters. The summed E-state index contributed by atoms with van der Waals surface area (Å²) in [5, 5.41) is 9.03. The molecule has 0 spiro atoms. The first-order valence-corrected chi connectivity index (χ1v) is 5.47. The molecule has 0 aliphatic heterocycles. The van der Waals surface area contributed by atoms with Crippen LogP contribution in [0.4, 0.5) is 17.6 Å². The van der Waals surface area contributed by atoms with Crippen LogP contribution in [0.25, 0.3) is 0 Å². The highest BCUT2D eigenvalue weighted by Gasteiger charge is 2.21. The number of halogens is 4. The van der Waals surface area contributed by atoms with Crippen molar-refractivity contribution in [3.8, 4) is 5.75 Å². The Labute approximate surface area is 103 Å². The second-order valence-electron chi connectivity index (χ2n) is 3.25. The minimum Gasteiger partial charge on any atom is -0.508 e. The number of nitrogens with zero attached hydrogens (tertiary/aromatic N) is 1. The molecule has 0 saturated heterocycles. The maximum atomic E-state index is 13.3. The molecule has 0 atom stereocenters. The molecule has 0 radical (unpaired) electrons. The van der Waals surface area contributed by atoms with Crippen molar-refractivity contribution in [3.63, 3.8) is 0 Å². The maximum Gasteiger partial charge on any atom is 0.252 e. The summed E-state index contributed by atoms with van der Waals surface area (Å²) in [4.78, 5) is 1.95. The zero-order valence-electron chi connectivity index (χ0n) is 8.62. The maximum absolute atomic E-state index is 13.3. The Morgan fingerprint density at radius 3 is 1.89 bits per heavy atom. The van der Waals surface area contributed by atoms with E-state index in [9.17, 15) is 17.6 Å². The Morgan fingerprint density at radius 2 is 1.39 bits per heavy atom. The van der Waals surface area contributed by atoms with Crippen molar-refractivity contribution in [3.05, 3.63) is 47.8 Å². The molecule has 2 rings (SSSR count). The molecule has 0 saturated carbocycles. The zero-order valence-corrected chi connectivity index (χ0v) is 9.44. The Hall–Kier alpha value is -1.76. The largest absolute Gasteiger partial charge is 0.508 e. The van der Waals surface area contributed by atoms with Crippen molar-refractivity contribution < 1.29 is 22.7 Å². The highest BCUT2D eigenvalue weighted by Crippen LogP contribution is 2.33. The third-order valence-electron chi connectivity index (χ3n) is 2.01. The Bertz CT molecular complexity index is 562. The molecule has 1 heterocycles. The van der Waals surface area contributed by atoms with Gasteiger partial charge >= 0.3 is 0 Å². The van der Waals surface area contributed by atoms with E-state index in [1.807, 2.05) is 0 Å². The number of phenols is 1. The van der Waals surface area contributed by atoms with Gasteiger partial charge in [0.2, 0.25) is 0 Å². The van der Waals surface area contributed by atoms with Crippen LogP contribution in [0.1, 0.15) is 0 Å². The van der Waals surface area contributed by atoms with Crippen LogP contribution in [-0.4, -0.2) is 10.1 Å². The van der Waals surface area contributed by atoms with Gasteiger partial charge in [0.1, 0.15) is 5.75 Å². The number of pyridine rings is 1. The zero-order chi connectivity index (χ0) is 13.3. The van der Waals surface area contributed by atoms with Gasteiger partial charge in [-0.15, -0.1) is 0 Å². The van der Waals surface area contributed by atoms with Gasteiger partial charge in [-0.25, -0.2) is 8.78 Å². The predicted molar refractivity (Wildman–Crippen MR) is 56.3 cm³/mol. The van der Waals surface area contributed by atoms with E-state index in [0.717, 1.165) is 0 Å². The number of rotatable bonds is 2. The third-order valence-corrected chi connectivity index (χ3v) is 3.08. The first-order chi connectivity index (χ1) is 8.49. The van der Waals surface area contributed by atoms with Gasteiger partial charge in [-0.2, -0.15) is 13.8 Å². The van der Waals surface area contributed by atoms with Crippen LogP contribution in [0.3, 0.4) is 0 Å². The van der Waals surface area contributed by atoms with Crippen LogP contribution in [-0.2, 0) is 0 Å². The molecule has 1 N–H and O–H groups in total. The molecule has 0 bridgehead atoms. The number of hydrogen-bond donors (Lipinski definition) is 1. The van der Waals surface area contributed by atoms with Crippen LogP contribution in [0.5, 0.6) is 5.75 Å². The van der Waals surface area contributed by atoms with Gasteiger partial charge in [0, 0.05) is 4.90 Å². The van der Waals surface area contributed by atoms with Crippen molar-refractivity contribution in [2.45, 2.75) is 9.79 Å². The molecule has 94 valence electrons. The molecule has 0 fully saturated rings. The first kappa shape index (κ1) is 12.7. The lowest BCUT2D eigenvalue weighted by Gasteiger charge is -2.05. The fraction of sp³-hybridized carbons (Fsp3) is 0. The van der Waals surface area contributed by atoms with Gasteiger partial charge in [-0.1, -0.05) is 11.8 Å². The summed E-state index contributed by atoms with van der Waals surface area (Å²) in [6, 6.07) is 5.28. The van der Waals surface area contributed by atoms with Gasteiger partial charge in [0.15, 0.2) is 11.6 Å². The summed E-state index contributed by atoms with van der Waals surface area (Å²) >= 11 is 0.497. The van der Waals surface area contributed by atoms with E-state index in [0.29, 0.717) is 16.7 Å². The summed E-state index contributed by atoms with van der Waals surface area (Å²) in [7, 11) is 0. The van der Waals surface area contributed by atoms with E-state index in [2.05, 4.69) is 4.98 Å². The van der Waals surface area contributed by atoms with Crippen LogP contribution >= 0.6 is 11.8 Å². The average molecular weight is 275 g/mol. The van der Waals surface area contributed by atoms with E-state index >= 15 is 0 Å². The molecular formula is C11H5F4NOS. The van der Waals surface area contributed by atoms with Crippen LogP contribution in [0.2, 0.25) is 0 Å². The molecule has 18 heavy (non-hydrogen) atoms. The molecule has 0 aliphatic carbocycles. The Balaban J connectivity index is 2.42. The van der Waals surface area contributed by atoms with E-state index in [-0.39, 0.29) is 5.75 Å². The van der Waals surface area contributed by atoms with Gasteiger partial charge in [0.05, 0.1) is 4.90 Å². The number of phenolic OH excluding ortho intramolecular Hbond substituents is 1. The lowest BCUT2D eigenvalue weighted by molar-refractivity contribution is 0.383. The second kappa shape index (κ2) is 4.85. The predicted octanol–water partition coefficient (Wildman–Crippen LogP) is 3.49. The first-order valence-electron chi connectivity index (χ1n) is 4.66. The van der Waals surface area contributed by atoms with E-state index in [1.165, 1.54) is 24.3 Å². The fourth-order valence-corrected chi connectivity index (χ4v) is 2.05. The SMILES string of the molecule is Oc1ccc(Sc2c(F)c(F)nc(F)c2F)cc1. The number of hydrogen-bond acceptors (Lipinski definition) is 3. The van der Waals surface area contributed by atoms with Crippen LogP contribution in [0, 0.1) is 23.5 Å². The van der Waals surface area contributed by atoms with Crippen LogP contribution < -0.4 is 0 Å². The smallest absolute Gasteiger partial charge is 0.252 e. The topological polar surface area (TPSA) is 33.1 Å². The summed E-state index contributed by atoms with van der Waals surface area (Å²) in [6.07, 6.45) is 0. The number of aromatic nitrogens is 1. The average Bonchev–Trinajstić information content (AvgIpc) is 2.34. The summed E-state index contributed by atoms with van der Waals surface area (Å²) in [6.45, 7) is 0. The van der Waals surface area contributed by atoms with E-state index in [1.54, 1.807) is 0 Å². The monoisotopic (exact) mass is 275 g/mol. The summed E-state index contributed by atoms with van der Waals surface area (Å²) < 4.78 is 52.3. The minimum atomic E-state index is -1.70. The van der Waals surface area contributed by atoms with Crippen molar-refractivity contribution >= 4 is 11.8 Å².